The Labute approximate surface area is 163 Å². The van der Waals surface area contributed by atoms with Crippen LogP contribution in [0.1, 0.15) is 13.8 Å². The third-order valence-electron chi connectivity index (χ3n) is 3.66. The second kappa shape index (κ2) is 8.77. The van der Waals surface area contributed by atoms with E-state index in [-0.39, 0.29) is 20.7 Å². The molecule has 26 heavy (non-hydrogen) atoms. The minimum atomic E-state index is -3.51. The van der Waals surface area contributed by atoms with E-state index in [2.05, 4.69) is 10.6 Å². The van der Waals surface area contributed by atoms with Crippen LogP contribution in [-0.2, 0) is 10.0 Å². The first-order chi connectivity index (χ1) is 12.3. The van der Waals surface area contributed by atoms with Gasteiger partial charge in [0, 0.05) is 18.8 Å². The SMILES string of the molecule is CCN(CC)S(=O)(=O)c1ccc(NC(=S)Nc2cccc(Cl)c2F)cc1. The summed E-state index contributed by atoms with van der Waals surface area (Å²) in [6.07, 6.45) is 0. The summed E-state index contributed by atoms with van der Waals surface area (Å²) in [5.74, 6) is -0.598. The first-order valence-electron chi connectivity index (χ1n) is 7.91. The van der Waals surface area contributed by atoms with Crippen LogP contribution in [0.2, 0.25) is 5.02 Å². The third kappa shape index (κ3) is 4.70. The lowest BCUT2D eigenvalue weighted by atomic mass is 10.3. The lowest BCUT2D eigenvalue weighted by Gasteiger charge is -2.18. The van der Waals surface area contributed by atoms with E-state index in [9.17, 15) is 12.8 Å². The number of rotatable bonds is 6. The second-order valence-corrected chi connectivity index (χ2v) is 8.05. The number of anilines is 2. The molecule has 0 aliphatic heterocycles. The van der Waals surface area contributed by atoms with Crippen molar-refractivity contribution >= 4 is 50.3 Å². The summed E-state index contributed by atoms with van der Waals surface area (Å²) in [6, 6.07) is 10.7. The van der Waals surface area contributed by atoms with E-state index in [1.807, 2.05) is 0 Å². The summed E-state index contributed by atoms with van der Waals surface area (Å²) >= 11 is 10.9. The molecule has 5 nitrogen and oxygen atoms in total. The Morgan fingerprint density at radius 1 is 1.12 bits per heavy atom. The molecule has 2 aromatic carbocycles. The van der Waals surface area contributed by atoms with Crippen LogP contribution in [0.15, 0.2) is 47.4 Å². The highest BCUT2D eigenvalue weighted by atomic mass is 35.5. The highest BCUT2D eigenvalue weighted by Crippen LogP contribution is 2.22. The molecule has 0 saturated carbocycles. The van der Waals surface area contributed by atoms with Gasteiger partial charge in [0.15, 0.2) is 10.9 Å². The summed E-state index contributed by atoms with van der Waals surface area (Å²) < 4.78 is 40.2. The average Bonchev–Trinajstić information content (AvgIpc) is 2.60. The molecule has 0 amide bonds. The number of hydrogen-bond donors (Lipinski definition) is 2. The van der Waals surface area contributed by atoms with Gasteiger partial charge in [-0.3, -0.25) is 0 Å². The number of nitrogens with one attached hydrogen (secondary N) is 2. The molecule has 9 heteroatoms. The standard InChI is InChI=1S/C17H19ClFN3O2S2/c1-3-22(4-2)26(23,24)13-10-8-12(9-11-13)20-17(25)21-15-7-5-6-14(18)16(15)19/h5-11H,3-4H2,1-2H3,(H2,20,21,25). The number of sulfonamides is 1. The van der Waals surface area contributed by atoms with Gasteiger partial charge >= 0.3 is 0 Å². The molecule has 0 aliphatic rings. The van der Waals surface area contributed by atoms with Crippen LogP contribution in [-0.4, -0.2) is 30.9 Å². The van der Waals surface area contributed by atoms with E-state index in [1.54, 1.807) is 32.0 Å². The van der Waals surface area contributed by atoms with E-state index in [0.29, 0.717) is 18.8 Å². The number of thiocarbonyl (C=S) groups is 1. The number of halogens is 2. The molecule has 0 radical (unpaired) electrons. The fourth-order valence-corrected chi connectivity index (χ4v) is 4.17. The van der Waals surface area contributed by atoms with Crippen molar-refractivity contribution in [3.63, 3.8) is 0 Å². The highest BCUT2D eigenvalue weighted by Gasteiger charge is 2.21. The lowest BCUT2D eigenvalue weighted by Crippen LogP contribution is -2.30. The van der Waals surface area contributed by atoms with Gasteiger partial charge in [-0.1, -0.05) is 31.5 Å². The molecule has 0 atom stereocenters. The zero-order valence-corrected chi connectivity index (χ0v) is 16.7. The van der Waals surface area contributed by atoms with E-state index in [0.717, 1.165) is 0 Å². The Morgan fingerprint density at radius 2 is 1.73 bits per heavy atom. The summed E-state index contributed by atoms with van der Waals surface area (Å²) in [4.78, 5) is 0.200. The van der Waals surface area contributed by atoms with Crippen LogP contribution in [0, 0.1) is 5.82 Å². The van der Waals surface area contributed by atoms with Crippen molar-refractivity contribution < 1.29 is 12.8 Å². The Hall–Kier alpha value is -1.74. The van der Waals surface area contributed by atoms with Crippen LogP contribution in [0.5, 0.6) is 0 Å². The van der Waals surface area contributed by atoms with Gasteiger partial charge < -0.3 is 10.6 Å². The molecule has 0 unspecified atom stereocenters. The summed E-state index contributed by atoms with van der Waals surface area (Å²) in [6.45, 7) is 4.38. The Kier molecular flexibility index (Phi) is 6.94. The zero-order chi connectivity index (χ0) is 19.3. The molecule has 2 N–H and O–H groups in total. The van der Waals surface area contributed by atoms with Crippen LogP contribution in [0.3, 0.4) is 0 Å². The minimum Gasteiger partial charge on any atom is -0.332 e. The smallest absolute Gasteiger partial charge is 0.243 e. The van der Waals surface area contributed by atoms with Gasteiger partial charge in [0.2, 0.25) is 10.0 Å². The highest BCUT2D eigenvalue weighted by molar-refractivity contribution is 7.89. The quantitative estimate of drug-likeness (QED) is 0.688. The first kappa shape index (κ1) is 20.6. The van der Waals surface area contributed by atoms with E-state index in [4.69, 9.17) is 23.8 Å². The fraction of sp³-hybridized carbons (Fsp3) is 0.235. The molecular formula is C17H19ClFN3O2S2. The fourth-order valence-electron chi connectivity index (χ4n) is 2.31. The van der Waals surface area contributed by atoms with Crippen LogP contribution < -0.4 is 10.6 Å². The maximum atomic E-state index is 13.9. The van der Waals surface area contributed by atoms with Gasteiger partial charge in [0.1, 0.15) is 0 Å². The van der Waals surface area contributed by atoms with Crippen molar-refractivity contribution in [1.29, 1.82) is 0 Å². The normalized spacial score (nSPS) is 11.4. The largest absolute Gasteiger partial charge is 0.332 e. The van der Waals surface area contributed by atoms with Gasteiger partial charge in [-0.15, -0.1) is 0 Å². The molecule has 0 heterocycles. The summed E-state index contributed by atoms with van der Waals surface area (Å²) in [7, 11) is -3.51. The second-order valence-electron chi connectivity index (χ2n) is 5.29. The van der Waals surface area contributed by atoms with Crippen molar-refractivity contribution in [3.8, 4) is 0 Å². The Morgan fingerprint density at radius 3 is 2.31 bits per heavy atom. The van der Waals surface area contributed by atoms with E-state index in [1.165, 1.54) is 28.6 Å². The predicted octanol–water partition coefficient (Wildman–Crippen LogP) is 4.32. The Balaban J connectivity index is 2.09. The van der Waals surface area contributed by atoms with Gasteiger partial charge in [0.05, 0.1) is 15.6 Å². The molecule has 0 saturated heterocycles. The van der Waals surface area contributed by atoms with Gasteiger partial charge in [0.25, 0.3) is 0 Å². The number of nitrogens with zero attached hydrogens (tertiary/aromatic N) is 1. The van der Waals surface area contributed by atoms with Crippen LogP contribution in [0.25, 0.3) is 0 Å². The number of benzene rings is 2. The molecule has 0 fully saturated rings. The monoisotopic (exact) mass is 415 g/mol. The van der Waals surface area contributed by atoms with Crippen molar-refractivity contribution in [2.45, 2.75) is 18.7 Å². The van der Waals surface area contributed by atoms with Crippen molar-refractivity contribution in [2.24, 2.45) is 0 Å². The van der Waals surface area contributed by atoms with Gasteiger partial charge in [-0.05, 0) is 48.6 Å². The van der Waals surface area contributed by atoms with Crippen LogP contribution in [0.4, 0.5) is 15.8 Å². The summed E-state index contributed by atoms with van der Waals surface area (Å²) in [5, 5.41) is 5.74. The minimum absolute atomic E-state index is 0.0104. The average molecular weight is 416 g/mol. The van der Waals surface area contributed by atoms with Crippen molar-refractivity contribution in [2.75, 3.05) is 23.7 Å². The lowest BCUT2D eigenvalue weighted by molar-refractivity contribution is 0.445. The summed E-state index contributed by atoms with van der Waals surface area (Å²) in [5.41, 5.74) is 0.721. The van der Waals surface area contributed by atoms with Gasteiger partial charge in [-0.25, -0.2) is 12.8 Å². The first-order valence-corrected chi connectivity index (χ1v) is 10.1. The molecule has 0 aliphatic carbocycles. The Bertz CT molecular complexity index is 885. The molecule has 0 aromatic heterocycles. The van der Waals surface area contributed by atoms with Crippen molar-refractivity contribution in [3.05, 3.63) is 53.3 Å². The molecule has 2 aromatic rings. The molecule has 0 spiro atoms. The molecule has 0 bridgehead atoms. The van der Waals surface area contributed by atoms with Gasteiger partial charge in [-0.2, -0.15) is 4.31 Å². The predicted molar refractivity (Wildman–Crippen MR) is 108 cm³/mol. The maximum absolute atomic E-state index is 13.9. The zero-order valence-electron chi connectivity index (χ0n) is 14.3. The topological polar surface area (TPSA) is 61.4 Å². The maximum Gasteiger partial charge on any atom is 0.243 e. The van der Waals surface area contributed by atoms with E-state index < -0.39 is 15.8 Å². The molecule has 140 valence electrons. The number of hydrogen-bond acceptors (Lipinski definition) is 3. The van der Waals surface area contributed by atoms with Crippen LogP contribution >= 0.6 is 23.8 Å². The third-order valence-corrected chi connectivity index (χ3v) is 6.22. The molecule has 2 rings (SSSR count). The molecular weight excluding hydrogens is 397 g/mol. The van der Waals surface area contributed by atoms with E-state index >= 15 is 0 Å². The van der Waals surface area contributed by atoms with Crippen molar-refractivity contribution in [1.82, 2.24) is 4.31 Å².